The molecule has 10 nitrogen and oxygen atoms in total. The first-order valence-corrected chi connectivity index (χ1v) is 3.57. The topological polar surface area (TPSA) is 147 Å². The maximum Gasteiger partial charge on any atom is 0.358 e. The summed E-state index contributed by atoms with van der Waals surface area (Å²) in [6.45, 7) is 1.47. The van der Waals surface area contributed by atoms with Crippen molar-refractivity contribution >= 4 is 24.0 Å². The Kier molecular flexibility index (Phi) is 6.17. The lowest BCUT2D eigenvalue weighted by Crippen LogP contribution is -2.31. The lowest BCUT2D eigenvalue weighted by Gasteiger charge is -1.97. The van der Waals surface area contributed by atoms with Gasteiger partial charge in [-0.05, 0) is 6.92 Å². The van der Waals surface area contributed by atoms with Crippen molar-refractivity contribution in [3.05, 3.63) is 0 Å². The highest BCUT2D eigenvalue weighted by molar-refractivity contribution is 6.29. The van der Waals surface area contributed by atoms with Gasteiger partial charge in [-0.15, -0.1) is 0 Å². The zero-order chi connectivity index (χ0) is 11.7. The average molecular weight is 218 g/mol. The minimum atomic E-state index is -0.917. The first-order chi connectivity index (χ1) is 7.10. The van der Waals surface area contributed by atoms with Crippen molar-refractivity contribution in [2.45, 2.75) is 6.92 Å². The van der Waals surface area contributed by atoms with E-state index in [1.165, 1.54) is 17.9 Å². The van der Waals surface area contributed by atoms with E-state index < -0.39 is 12.1 Å². The van der Waals surface area contributed by atoms with E-state index in [4.69, 9.17) is 10.4 Å². The fourth-order valence-electron chi connectivity index (χ4n) is 0.402. The molecule has 0 rings (SSSR count). The van der Waals surface area contributed by atoms with Crippen LogP contribution in [0.15, 0.2) is 10.2 Å². The monoisotopic (exact) mass is 218 g/mol. The van der Waals surface area contributed by atoms with E-state index in [0.717, 1.165) is 6.21 Å². The third kappa shape index (κ3) is 6.92. The van der Waals surface area contributed by atoms with Gasteiger partial charge in [-0.3, -0.25) is 10.4 Å². The standard InChI is InChI=1S/C5H10N6O4/c1-3(7-9-5(13)11-15)2-6-8-4(12)10-14/h2,14-15H,1H3,(H2,8,10,12)(H2,9,11,13)/b6-2+,7-3+. The van der Waals surface area contributed by atoms with Gasteiger partial charge >= 0.3 is 12.1 Å². The van der Waals surface area contributed by atoms with E-state index in [-0.39, 0.29) is 5.71 Å². The highest BCUT2D eigenvalue weighted by Gasteiger charge is 1.94. The SMILES string of the molecule is CC(/C=N/NC(=O)NO)=N\NC(=O)NO. The Hall–Kier alpha value is -2.20. The maximum atomic E-state index is 10.4. The zero-order valence-electron chi connectivity index (χ0n) is 7.68. The molecule has 15 heavy (non-hydrogen) atoms. The van der Waals surface area contributed by atoms with Crippen LogP contribution in [0.5, 0.6) is 0 Å². The maximum absolute atomic E-state index is 10.4. The second kappa shape index (κ2) is 7.23. The summed E-state index contributed by atoms with van der Waals surface area (Å²) in [5.74, 6) is 0. The zero-order valence-corrected chi connectivity index (χ0v) is 7.68. The number of amides is 4. The molecule has 0 heterocycles. The van der Waals surface area contributed by atoms with Gasteiger partial charge in [0, 0.05) is 0 Å². The molecule has 0 aromatic heterocycles. The second-order valence-electron chi connectivity index (χ2n) is 2.12. The van der Waals surface area contributed by atoms with Crippen molar-refractivity contribution in [1.29, 1.82) is 0 Å². The largest absolute Gasteiger partial charge is 0.358 e. The highest BCUT2D eigenvalue weighted by atomic mass is 16.5. The van der Waals surface area contributed by atoms with Gasteiger partial charge in [0.15, 0.2) is 0 Å². The van der Waals surface area contributed by atoms with E-state index in [1.54, 1.807) is 0 Å². The van der Waals surface area contributed by atoms with Gasteiger partial charge in [-0.25, -0.2) is 31.4 Å². The first kappa shape index (κ1) is 12.8. The molecule has 0 aromatic rings. The molecule has 0 bridgehead atoms. The molecular weight excluding hydrogens is 208 g/mol. The number of hydrogen-bond acceptors (Lipinski definition) is 6. The average Bonchev–Trinajstić information content (AvgIpc) is 2.25. The molecule has 0 saturated carbocycles. The normalized spacial score (nSPS) is 11.0. The number of nitrogens with one attached hydrogen (secondary N) is 4. The van der Waals surface area contributed by atoms with Crippen LogP contribution in [0.3, 0.4) is 0 Å². The summed E-state index contributed by atoms with van der Waals surface area (Å²) in [6, 6.07) is -1.83. The Labute approximate surface area is 83.9 Å². The Morgan fingerprint density at radius 1 is 1.13 bits per heavy atom. The molecule has 0 radical (unpaired) electrons. The van der Waals surface area contributed by atoms with Crippen LogP contribution >= 0.6 is 0 Å². The van der Waals surface area contributed by atoms with Crippen molar-refractivity contribution in [3.8, 4) is 0 Å². The van der Waals surface area contributed by atoms with Crippen molar-refractivity contribution < 1.29 is 20.0 Å². The van der Waals surface area contributed by atoms with Crippen LogP contribution in [0.2, 0.25) is 0 Å². The number of carbonyl (C=O) groups excluding carboxylic acids is 2. The molecule has 84 valence electrons. The molecule has 4 amide bonds. The third-order valence-electron chi connectivity index (χ3n) is 0.954. The predicted octanol–water partition coefficient (Wildman–Crippen LogP) is -1.28. The van der Waals surface area contributed by atoms with Crippen LogP contribution < -0.4 is 21.8 Å². The van der Waals surface area contributed by atoms with Gasteiger partial charge in [0.25, 0.3) is 0 Å². The van der Waals surface area contributed by atoms with Crippen LogP contribution in [0.25, 0.3) is 0 Å². The molecule has 0 aliphatic heterocycles. The predicted molar refractivity (Wildman–Crippen MR) is 48.5 cm³/mol. The molecule has 0 saturated heterocycles. The van der Waals surface area contributed by atoms with Gasteiger partial charge in [-0.2, -0.15) is 10.2 Å². The Morgan fingerprint density at radius 3 is 2.20 bits per heavy atom. The Bertz CT molecular complexity index is 287. The van der Waals surface area contributed by atoms with Crippen molar-refractivity contribution in [2.75, 3.05) is 0 Å². The molecular formula is C5H10N6O4. The minimum Gasteiger partial charge on any atom is -0.287 e. The number of hydroxylamine groups is 2. The number of hydrazone groups is 2. The van der Waals surface area contributed by atoms with E-state index in [2.05, 4.69) is 10.2 Å². The summed E-state index contributed by atoms with van der Waals surface area (Å²) in [4.78, 5) is 20.8. The van der Waals surface area contributed by atoms with Gasteiger partial charge in [-0.1, -0.05) is 0 Å². The fraction of sp³-hybridized carbons (Fsp3) is 0.200. The molecule has 0 aliphatic carbocycles. The number of nitrogens with zero attached hydrogens (tertiary/aromatic N) is 2. The van der Waals surface area contributed by atoms with E-state index in [0.29, 0.717) is 0 Å². The van der Waals surface area contributed by atoms with Crippen molar-refractivity contribution in [1.82, 2.24) is 21.8 Å². The van der Waals surface area contributed by atoms with E-state index in [9.17, 15) is 9.59 Å². The summed E-state index contributed by atoms with van der Waals surface area (Å²) in [5, 5.41) is 22.9. The van der Waals surface area contributed by atoms with E-state index in [1.807, 2.05) is 10.9 Å². The molecule has 0 unspecified atom stereocenters. The van der Waals surface area contributed by atoms with Crippen LogP contribution in [-0.4, -0.2) is 34.4 Å². The molecule has 0 aromatic carbocycles. The van der Waals surface area contributed by atoms with Crippen molar-refractivity contribution in [2.24, 2.45) is 10.2 Å². The van der Waals surface area contributed by atoms with Crippen LogP contribution in [-0.2, 0) is 0 Å². The Morgan fingerprint density at radius 2 is 1.67 bits per heavy atom. The van der Waals surface area contributed by atoms with Crippen molar-refractivity contribution in [3.63, 3.8) is 0 Å². The van der Waals surface area contributed by atoms with Crippen LogP contribution in [0.1, 0.15) is 6.92 Å². The highest BCUT2D eigenvalue weighted by Crippen LogP contribution is 1.71. The second-order valence-corrected chi connectivity index (χ2v) is 2.12. The van der Waals surface area contributed by atoms with E-state index >= 15 is 0 Å². The summed E-state index contributed by atoms with van der Waals surface area (Å²) >= 11 is 0. The van der Waals surface area contributed by atoms with Gasteiger partial charge in [0.05, 0.1) is 11.9 Å². The summed E-state index contributed by atoms with van der Waals surface area (Å²) in [6.07, 6.45) is 1.10. The van der Waals surface area contributed by atoms with Crippen LogP contribution in [0, 0.1) is 0 Å². The Balaban J connectivity index is 3.95. The molecule has 0 aliphatic rings. The first-order valence-electron chi connectivity index (χ1n) is 3.57. The lowest BCUT2D eigenvalue weighted by atomic mass is 10.5. The quantitative estimate of drug-likeness (QED) is 0.199. The van der Waals surface area contributed by atoms with Gasteiger partial charge in [0.1, 0.15) is 0 Å². The molecule has 0 fully saturated rings. The summed E-state index contributed by atoms with van der Waals surface area (Å²) < 4.78 is 0. The summed E-state index contributed by atoms with van der Waals surface area (Å²) in [5.41, 5.74) is 6.60. The van der Waals surface area contributed by atoms with Gasteiger partial charge < -0.3 is 0 Å². The molecule has 0 spiro atoms. The molecule has 6 N–H and O–H groups in total. The number of carbonyl (C=O) groups is 2. The third-order valence-corrected chi connectivity index (χ3v) is 0.954. The fourth-order valence-corrected chi connectivity index (χ4v) is 0.402. The minimum absolute atomic E-state index is 0.247. The lowest BCUT2D eigenvalue weighted by molar-refractivity contribution is 0.162. The number of rotatable bonds is 3. The smallest absolute Gasteiger partial charge is 0.287 e. The molecule has 10 heteroatoms. The van der Waals surface area contributed by atoms with Gasteiger partial charge in [0.2, 0.25) is 0 Å². The summed E-state index contributed by atoms with van der Waals surface area (Å²) in [7, 11) is 0. The number of urea groups is 2. The molecule has 0 atom stereocenters. The van der Waals surface area contributed by atoms with Crippen LogP contribution in [0.4, 0.5) is 9.59 Å². The number of hydrogen-bond donors (Lipinski definition) is 6.